The number of benzene rings is 2. The number of aromatic nitrogens is 1. The number of hydrogen-bond acceptors (Lipinski definition) is 1. The number of para-hydroxylation sites is 1. The first-order valence-corrected chi connectivity index (χ1v) is 6.86. The van der Waals surface area contributed by atoms with Gasteiger partial charge >= 0.3 is 0 Å². The van der Waals surface area contributed by atoms with Crippen LogP contribution >= 0.6 is 31.9 Å². The van der Waals surface area contributed by atoms with Crippen LogP contribution in [0.4, 0.5) is 0 Å². The average molecular weight is 368 g/mol. The van der Waals surface area contributed by atoms with E-state index in [2.05, 4.69) is 36.8 Å². The fourth-order valence-corrected chi connectivity index (χ4v) is 3.89. The molecule has 1 aromatic heterocycles. The molecule has 0 aliphatic rings. The molecule has 3 aromatic rings. The third kappa shape index (κ3) is 1.58. The van der Waals surface area contributed by atoms with Crippen molar-refractivity contribution in [2.45, 2.75) is 0 Å². The van der Waals surface area contributed by atoms with Gasteiger partial charge in [0.05, 0.1) is 5.56 Å². The Bertz CT molecular complexity index is 792. The molecule has 1 amide bonds. The van der Waals surface area contributed by atoms with Crippen LogP contribution in [0.2, 0.25) is 0 Å². The number of H-pyrrole nitrogens is 1. The highest BCUT2D eigenvalue weighted by molar-refractivity contribution is 9.11. The standard InChI is InChI=1S/C13H8Br2N2O/c14-7-5-9-10(12(15)11(7)13(16)18)6-3-1-2-4-8(6)17-9/h1-5,17H,(H2,16,18). The monoisotopic (exact) mass is 366 g/mol. The zero-order chi connectivity index (χ0) is 12.9. The normalized spacial score (nSPS) is 11.2. The number of fused-ring (bicyclic) bond motifs is 3. The molecule has 0 saturated heterocycles. The minimum Gasteiger partial charge on any atom is -0.366 e. The van der Waals surface area contributed by atoms with Crippen molar-refractivity contribution in [2.24, 2.45) is 5.73 Å². The van der Waals surface area contributed by atoms with Crippen LogP contribution in [0.5, 0.6) is 0 Å². The van der Waals surface area contributed by atoms with Gasteiger partial charge in [0.15, 0.2) is 0 Å². The van der Waals surface area contributed by atoms with Crippen LogP contribution in [0.1, 0.15) is 10.4 Å². The van der Waals surface area contributed by atoms with Crippen molar-refractivity contribution in [3.8, 4) is 0 Å². The highest BCUT2D eigenvalue weighted by Gasteiger charge is 2.17. The summed E-state index contributed by atoms with van der Waals surface area (Å²) >= 11 is 6.86. The van der Waals surface area contributed by atoms with E-state index in [1.165, 1.54) is 0 Å². The fourth-order valence-electron chi connectivity index (χ4n) is 2.16. The summed E-state index contributed by atoms with van der Waals surface area (Å²) in [6, 6.07) is 9.82. The Morgan fingerprint density at radius 1 is 1.17 bits per heavy atom. The Morgan fingerprint density at radius 3 is 2.61 bits per heavy atom. The summed E-state index contributed by atoms with van der Waals surface area (Å²) in [7, 11) is 0. The van der Waals surface area contributed by atoms with Crippen LogP contribution in [0.15, 0.2) is 39.3 Å². The second-order valence-corrected chi connectivity index (χ2v) is 5.65. The lowest BCUT2D eigenvalue weighted by Crippen LogP contribution is -2.12. The Morgan fingerprint density at radius 2 is 1.89 bits per heavy atom. The van der Waals surface area contributed by atoms with Crippen molar-refractivity contribution in [1.82, 2.24) is 4.98 Å². The Labute approximate surface area is 120 Å². The van der Waals surface area contributed by atoms with Crippen molar-refractivity contribution in [1.29, 1.82) is 0 Å². The van der Waals surface area contributed by atoms with Gasteiger partial charge in [-0.25, -0.2) is 0 Å². The number of carbonyl (C=O) groups excluding carboxylic acids is 1. The molecule has 3 rings (SSSR count). The minimum absolute atomic E-state index is 0.457. The fraction of sp³-hybridized carbons (Fsp3) is 0. The zero-order valence-electron chi connectivity index (χ0n) is 9.13. The van der Waals surface area contributed by atoms with Gasteiger partial charge in [-0.1, -0.05) is 18.2 Å². The summed E-state index contributed by atoms with van der Waals surface area (Å²) in [5.41, 5.74) is 7.86. The number of rotatable bonds is 1. The van der Waals surface area contributed by atoms with E-state index in [9.17, 15) is 4.79 Å². The lowest BCUT2D eigenvalue weighted by molar-refractivity contribution is 0.0999. The van der Waals surface area contributed by atoms with Gasteiger partial charge in [-0.2, -0.15) is 0 Å². The molecule has 0 spiro atoms. The van der Waals surface area contributed by atoms with Crippen molar-refractivity contribution in [3.63, 3.8) is 0 Å². The van der Waals surface area contributed by atoms with Crippen molar-refractivity contribution in [2.75, 3.05) is 0 Å². The van der Waals surface area contributed by atoms with Crippen LogP contribution in [0.25, 0.3) is 21.8 Å². The highest BCUT2D eigenvalue weighted by Crippen LogP contribution is 2.37. The summed E-state index contributed by atoms with van der Waals surface area (Å²) in [6.07, 6.45) is 0. The van der Waals surface area contributed by atoms with Crippen molar-refractivity contribution in [3.05, 3.63) is 44.8 Å². The number of hydrogen-bond donors (Lipinski definition) is 2. The van der Waals surface area contributed by atoms with E-state index in [4.69, 9.17) is 5.73 Å². The van der Waals surface area contributed by atoms with Gasteiger partial charge < -0.3 is 10.7 Å². The number of nitrogens with two attached hydrogens (primary N) is 1. The molecule has 0 fully saturated rings. The number of nitrogens with one attached hydrogen (secondary N) is 1. The molecule has 0 unspecified atom stereocenters. The molecule has 0 aliphatic carbocycles. The third-order valence-electron chi connectivity index (χ3n) is 2.93. The highest BCUT2D eigenvalue weighted by atomic mass is 79.9. The second kappa shape index (κ2) is 4.10. The summed E-state index contributed by atoms with van der Waals surface area (Å²) in [5.74, 6) is -0.457. The van der Waals surface area contributed by atoms with Gasteiger partial charge in [0.1, 0.15) is 0 Å². The maximum atomic E-state index is 11.5. The summed E-state index contributed by atoms with van der Waals surface area (Å²) < 4.78 is 1.40. The molecule has 3 nitrogen and oxygen atoms in total. The Hall–Kier alpha value is -1.33. The predicted octanol–water partition coefficient (Wildman–Crippen LogP) is 3.95. The molecule has 0 atom stereocenters. The second-order valence-electron chi connectivity index (χ2n) is 4.00. The molecule has 2 aromatic carbocycles. The van der Waals surface area contributed by atoms with Gasteiger partial charge in [0.2, 0.25) is 0 Å². The molecule has 5 heteroatoms. The summed E-state index contributed by atoms with van der Waals surface area (Å²) in [6.45, 7) is 0. The Kier molecular flexibility index (Phi) is 2.68. The molecule has 3 N–H and O–H groups in total. The number of carbonyl (C=O) groups is 1. The lowest BCUT2D eigenvalue weighted by atomic mass is 10.1. The van der Waals surface area contributed by atoms with E-state index >= 15 is 0 Å². The lowest BCUT2D eigenvalue weighted by Gasteiger charge is -2.05. The van der Waals surface area contributed by atoms with Crippen LogP contribution in [0, 0.1) is 0 Å². The van der Waals surface area contributed by atoms with Crippen LogP contribution in [0.3, 0.4) is 0 Å². The van der Waals surface area contributed by atoms with Crippen molar-refractivity contribution >= 4 is 59.6 Å². The molecule has 0 aliphatic heterocycles. The minimum atomic E-state index is -0.457. The number of halogens is 2. The smallest absolute Gasteiger partial charge is 0.251 e. The quantitative estimate of drug-likeness (QED) is 0.672. The van der Waals surface area contributed by atoms with E-state index in [1.54, 1.807) is 0 Å². The van der Waals surface area contributed by atoms with E-state index in [0.717, 1.165) is 26.3 Å². The Balaban J connectivity index is 2.56. The summed E-state index contributed by atoms with van der Waals surface area (Å²) in [5, 5.41) is 2.04. The average Bonchev–Trinajstić information content (AvgIpc) is 2.66. The van der Waals surface area contributed by atoms with E-state index < -0.39 is 5.91 Å². The zero-order valence-corrected chi connectivity index (χ0v) is 12.3. The molecule has 0 bridgehead atoms. The van der Waals surface area contributed by atoms with Crippen LogP contribution < -0.4 is 5.73 Å². The first-order chi connectivity index (χ1) is 8.59. The van der Waals surface area contributed by atoms with Crippen LogP contribution in [-0.2, 0) is 0 Å². The molecule has 1 heterocycles. The molecular weight excluding hydrogens is 360 g/mol. The first kappa shape index (κ1) is 11.7. The molecular formula is C13H8Br2N2O. The first-order valence-electron chi connectivity index (χ1n) is 5.28. The molecule has 90 valence electrons. The topological polar surface area (TPSA) is 58.9 Å². The molecule has 0 saturated carbocycles. The third-order valence-corrected chi connectivity index (χ3v) is 4.35. The number of primary amides is 1. The maximum absolute atomic E-state index is 11.5. The SMILES string of the molecule is NC(=O)c1c(Br)cc2[nH]c3ccccc3c2c1Br. The van der Waals surface area contributed by atoms with E-state index in [-0.39, 0.29) is 0 Å². The van der Waals surface area contributed by atoms with E-state index in [0.29, 0.717) is 10.0 Å². The van der Waals surface area contributed by atoms with Gasteiger partial charge in [-0.05, 0) is 44.0 Å². The van der Waals surface area contributed by atoms with Crippen molar-refractivity contribution < 1.29 is 4.79 Å². The van der Waals surface area contributed by atoms with Crippen LogP contribution in [-0.4, -0.2) is 10.9 Å². The van der Waals surface area contributed by atoms with Gasteiger partial charge in [0, 0.05) is 30.8 Å². The predicted molar refractivity (Wildman–Crippen MR) is 79.7 cm³/mol. The van der Waals surface area contributed by atoms with Gasteiger partial charge in [0.25, 0.3) is 5.91 Å². The van der Waals surface area contributed by atoms with Gasteiger partial charge in [-0.3, -0.25) is 4.79 Å². The number of aromatic amines is 1. The van der Waals surface area contributed by atoms with Gasteiger partial charge in [-0.15, -0.1) is 0 Å². The maximum Gasteiger partial charge on any atom is 0.251 e. The largest absolute Gasteiger partial charge is 0.366 e. The molecule has 0 radical (unpaired) electrons. The number of amides is 1. The molecule has 18 heavy (non-hydrogen) atoms. The van der Waals surface area contributed by atoms with E-state index in [1.807, 2.05) is 30.3 Å². The summed E-state index contributed by atoms with van der Waals surface area (Å²) in [4.78, 5) is 14.8.